The summed E-state index contributed by atoms with van der Waals surface area (Å²) in [4.78, 5) is 21.8. The van der Waals surface area contributed by atoms with E-state index in [9.17, 15) is 9.59 Å². The van der Waals surface area contributed by atoms with Crippen LogP contribution in [0.3, 0.4) is 0 Å². The summed E-state index contributed by atoms with van der Waals surface area (Å²) < 4.78 is 4.45. The van der Waals surface area contributed by atoms with Gasteiger partial charge in [-0.2, -0.15) is 0 Å². The molecule has 14 heavy (non-hydrogen) atoms. The summed E-state index contributed by atoms with van der Waals surface area (Å²) in [6, 6.07) is 2.09. The van der Waals surface area contributed by atoms with Crippen LogP contribution in [0.2, 0.25) is 12.1 Å². The van der Waals surface area contributed by atoms with Crippen LogP contribution in [-0.2, 0) is 14.3 Å². The highest BCUT2D eigenvalue weighted by molar-refractivity contribution is 6.35. The van der Waals surface area contributed by atoms with Crippen molar-refractivity contribution in [1.29, 1.82) is 0 Å². The van der Waals surface area contributed by atoms with Crippen LogP contribution in [0.1, 0.15) is 19.3 Å². The Bertz CT molecular complexity index is 217. The van der Waals surface area contributed by atoms with Gasteiger partial charge in [0, 0.05) is 16.1 Å². The summed E-state index contributed by atoms with van der Waals surface area (Å²) in [6.07, 6.45) is 2.02. The maximum Gasteiger partial charge on any atom is 0.317 e. The van der Waals surface area contributed by atoms with Crippen LogP contribution < -0.4 is 0 Å². The highest BCUT2D eigenvalue weighted by Gasteiger charge is 2.32. The molecule has 0 aliphatic carbocycles. The molecule has 1 aliphatic heterocycles. The molecular weight excluding hydrogens is 200 g/mol. The molecule has 1 rings (SSSR count). The molecule has 5 heteroatoms. The molecule has 0 aromatic rings. The van der Waals surface area contributed by atoms with Gasteiger partial charge in [0.15, 0.2) is 0 Å². The van der Waals surface area contributed by atoms with Crippen molar-refractivity contribution < 1.29 is 19.4 Å². The second kappa shape index (κ2) is 5.92. The molecule has 0 aromatic heterocycles. The first-order valence-corrected chi connectivity index (χ1v) is 7.09. The summed E-state index contributed by atoms with van der Waals surface area (Å²) in [7, 11) is -0.144. The zero-order valence-corrected chi connectivity index (χ0v) is 9.61. The zero-order valence-electron chi connectivity index (χ0n) is 8.20. The maximum atomic E-state index is 11.0. The number of aliphatic hydroxyl groups is 1. The lowest BCUT2D eigenvalue weighted by atomic mass is 10.0. The quantitative estimate of drug-likeness (QED) is 0.290. The third-order valence-electron chi connectivity index (χ3n) is 2.42. The number of cyclic esters (lactones) is 2. The van der Waals surface area contributed by atoms with E-state index in [2.05, 4.69) is 4.74 Å². The number of carbonyl (C=O) groups is 2. The van der Waals surface area contributed by atoms with E-state index >= 15 is 0 Å². The van der Waals surface area contributed by atoms with Crippen molar-refractivity contribution in [3.8, 4) is 0 Å². The van der Waals surface area contributed by atoms with E-state index in [-0.39, 0.29) is 40.4 Å². The van der Waals surface area contributed by atoms with Gasteiger partial charge in [0.05, 0.1) is 12.3 Å². The normalized spacial score (nSPS) is 22.2. The molecule has 0 aromatic carbocycles. The van der Waals surface area contributed by atoms with Gasteiger partial charge in [0.2, 0.25) is 0 Å². The molecule has 1 N–H and O–H groups in total. The molecule has 80 valence electrons. The van der Waals surface area contributed by atoms with Crippen molar-refractivity contribution in [2.45, 2.75) is 31.4 Å². The average molecular weight is 216 g/mol. The first-order chi connectivity index (χ1) is 6.74. The summed E-state index contributed by atoms with van der Waals surface area (Å²) >= 11 is 0. The fourth-order valence-electron chi connectivity index (χ4n) is 1.60. The van der Waals surface area contributed by atoms with Crippen molar-refractivity contribution in [1.82, 2.24) is 0 Å². The smallest absolute Gasteiger partial charge is 0.317 e. The van der Waals surface area contributed by atoms with Gasteiger partial charge >= 0.3 is 11.9 Å². The lowest BCUT2D eigenvalue weighted by Gasteiger charge is -2.02. The third-order valence-corrected chi connectivity index (χ3v) is 4.24. The Balaban J connectivity index is 2.07. The Kier molecular flexibility index (Phi) is 4.82. The molecule has 1 fully saturated rings. The topological polar surface area (TPSA) is 63.6 Å². The van der Waals surface area contributed by atoms with Crippen LogP contribution in [0.4, 0.5) is 0 Å². The molecule has 1 saturated heterocycles. The SMILES string of the molecule is O=C1CC(CCC[SiH2]CCO)C(=O)O1. The van der Waals surface area contributed by atoms with Gasteiger partial charge < -0.3 is 9.84 Å². The molecule has 0 radical (unpaired) electrons. The summed E-state index contributed by atoms with van der Waals surface area (Å²) in [5, 5.41) is 8.57. The van der Waals surface area contributed by atoms with Crippen LogP contribution in [-0.4, -0.2) is 33.2 Å². The minimum absolute atomic E-state index is 0.144. The van der Waals surface area contributed by atoms with E-state index in [1.807, 2.05) is 0 Å². The Morgan fingerprint density at radius 2 is 2.21 bits per heavy atom. The van der Waals surface area contributed by atoms with Crippen LogP contribution in [0.15, 0.2) is 0 Å². The Morgan fingerprint density at radius 3 is 2.79 bits per heavy atom. The lowest BCUT2D eigenvalue weighted by molar-refractivity contribution is -0.153. The van der Waals surface area contributed by atoms with Gasteiger partial charge in [-0.25, -0.2) is 0 Å². The molecule has 0 spiro atoms. The van der Waals surface area contributed by atoms with E-state index in [1.54, 1.807) is 0 Å². The number of ether oxygens (including phenoxy) is 1. The Morgan fingerprint density at radius 1 is 1.43 bits per heavy atom. The number of hydrogen-bond acceptors (Lipinski definition) is 4. The van der Waals surface area contributed by atoms with Gasteiger partial charge in [0.25, 0.3) is 0 Å². The second-order valence-corrected chi connectivity index (χ2v) is 5.74. The van der Waals surface area contributed by atoms with Crippen molar-refractivity contribution >= 4 is 21.5 Å². The van der Waals surface area contributed by atoms with Gasteiger partial charge in [0.1, 0.15) is 0 Å². The predicted molar refractivity (Wildman–Crippen MR) is 53.7 cm³/mol. The second-order valence-electron chi connectivity index (χ2n) is 3.62. The number of aliphatic hydroxyl groups excluding tert-OH is 1. The average Bonchev–Trinajstić information content (AvgIpc) is 2.45. The van der Waals surface area contributed by atoms with Gasteiger partial charge in [-0.3, -0.25) is 9.59 Å². The number of hydrogen-bond donors (Lipinski definition) is 1. The summed E-state index contributed by atoms with van der Waals surface area (Å²) in [5.41, 5.74) is 0. The molecule has 1 heterocycles. The van der Waals surface area contributed by atoms with E-state index in [4.69, 9.17) is 5.11 Å². The number of carbonyl (C=O) groups excluding carboxylic acids is 2. The first kappa shape index (κ1) is 11.4. The predicted octanol–water partition coefficient (Wildman–Crippen LogP) is -0.146. The molecular formula is C9H16O4Si. The van der Waals surface area contributed by atoms with E-state index in [0.717, 1.165) is 24.9 Å². The molecule has 0 saturated carbocycles. The van der Waals surface area contributed by atoms with E-state index in [1.165, 1.54) is 0 Å². The van der Waals surface area contributed by atoms with Crippen LogP contribution in [0.25, 0.3) is 0 Å². The van der Waals surface area contributed by atoms with Gasteiger partial charge in [-0.05, 0) is 12.5 Å². The van der Waals surface area contributed by atoms with Crippen LogP contribution in [0, 0.1) is 5.92 Å². The van der Waals surface area contributed by atoms with E-state index in [0.29, 0.717) is 0 Å². The Labute approximate surface area is 85.5 Å². The minimum Gasteiger partial charge on any atom is -0.397 e. The largest absolute Gasteiger partial charge is 0.397 e. The summed E-state index contributed by atoms with van der Waals surface area (Å²) in [6.45, 7) is 0.288. The minimum atomic E-state index is -0.382. The number of rotatable bonds is 6. The molecule has 1 atom stereocenters. The number of esters is 2. The molecule has 1 aliphatic rings. The lowest BCUT2D eigenvalue weighted by Crippen LogP contribution is -2.07. The van der Waals surface area contributed by atoms with Crippen molar-refractivity contribution in [2.24, 2.45) is 5.92 Å². The monoisotopic (exact) mass is 216 g/mol. The van der Waals surface area contributed by atoms with Gasteiger partial charge in [-0.15, -0.1) is 0 Å². The van der Waals surface area contributed by atoms with Crippen molar-refractivity contribution in [3.63, 3.8) is 0 Å². The molecule has 1 unspecified atom stereocenters. The molecule has 0 amide bonds. The van der Waals surface area contributed by atoms with Crippen LogP contribution >= 0.6 is 0 Å². The standard InChI is InChI=1S/C9H16O4Si/c10-3-5-14-4-1-2-7-6-8(11)13-9(7)12/h7,10H,1-6,14H2. The van der Waals surface area contributed by atoms with Gasteiger partial charge in [-0.1, -0.05) is 12.5 Å². The van der Waals surface area contributed by atoms with Crippen molar-refractivity contribution in [2.75, 3.05) is 6.61 Å². The zero-order chi connectivity index (χ0) is 10.4. The first-order valence-electron chi connectivity index (χ1n) is 5.09. The maximum absolute atomic E-state index is 11.0. The summed E-state index contributed by atoms with van der Waals surface area (Å²) in [5.74, 6) is -0.919. The van der Waals surface area contributed by atoms with E-state index < -0.39 is 0 Å². The highest BCUT2D eigenvalue weighted by Crippen LogP contribution is 2.21. The fourth-order valence-corrected chi connectivity index (χ4v) is 2.82. The highest BCUT2D eigenvalue weighted by atomic mass is 28.2. The molecule has 4 nitrogen and oxygen atoms in total. The Hall–Kier alpha value is -0.683. The van der Waals surface area contributed by atoms with Crippen molar-refractivity contribution in [3.05, 3.63) is 0 Å². The molecule has 0 bridgehead atoms. The van der Waals surface area contributed by atoms with Crippen LogP contribution in [0.5, 0.6) is 0 Å². The third kappa shape index (κ3) is 3.59. The fraction of sp³-hybridized carbons (Fsp3) is 0.778.